The van der Waals surface area contributed by atoms with Crippen molar-refractivity contribution in [3.8, 4) is 6.07 Å². The predicted octanol–water partition coefficient (Wildman–Crippen LogP) is 3.84. The molecule has 1 fully saturated rings. The van der Waals surface area contributed by atoms with E-state index in [9.17, 15) is 0 Å². The minimum absolute atomic E-state index is 0.341. The van der Waals surface area contributed by atoms with Gasteiger partial charge in [-0.15, -0.1) is 0 Å². The van der Waals surface area contributed by atoms with Crippen LogP contribution in [0.25, 0.3) is 0 Å². The smallest absolute Gasteiger partial charge is 0.0808 e. The fraction of sp³-hybridized carbons (Fsp3) is 0.941. The number of nitrogens with zero attached hydrogens (tertiary/aromatic N) is 1. The second-order valence-corrected chi connectivity index (χ2v) is 5.71. The molecule has 0 aromatic heterocycles. The molecular weight excluding hydrogens is 266 g/mol. The Morgan fingerprint density at radius 3 is 2.29 bits per heavy atom. The molecule has 1 atom stereocenters. The Morgan fingerprint density at radius 1 is 0.905 bits per heavy atom. The predicted molar refractivity (Wildman–Crippen MR) is 83.2 cm³/mol. The van der Waals surface area contributed by atoms with Crippen LogP contribution in [-0.4, -0.2) is 39.1 Å². The van der Waals surface area contributed by atoms with E-state index in [1.165, 1.54) is 25.7 Å². The molecule has 0 N–H and O–H groups in total. The van der Waals surface area contributed by atoms with Gasteiger partial charge in [0.1, 0.15) is 0 Å². The highest BCUT2D eigenvalue weighted by Crippen LogP contribution is 2.13. The number of rotatable bonds is 13. The van der Waals surface area contributed by atoms with Crippen LogP contribution in [0.2, 0.25) is 0 Å². The van der Waals surface area contributed by atoms with Crippen LogP contribution in [0.5, 0.6) is 0 Å². The number of ether oxygens (including phenoxy) is 3. The van der Waals surface area contributed by atoms with Gasteiger partial charge in [0.05, 0.1) is 18.8 Å². The second-order valence-electron chi connectivity index (χ2n) is 5.71. The molecule has 0 amide bonds. The normalized spacial score (nSPS) is 18.5. The summed E-state index contributed by atoms with van der Waals surface area (Å²) in [5, 5.41) is 8.39. The van der Waals surface area contributed by atoms with Gasteiger partial charge < -0.3 is 14.2 Å². The van der Waals surface area contributed by atoms with Gasteiger partial charge in [-0.2, -0.15) is 5.26 Å². The van der Waals surface area contributed by atoms with Crippen molar-refractivity contribution in [3.05, 3.63) is 0 Å². The van der Waals surface area contributed by atoms with Crippen molar-refractivity contribution in [1.29, 1.82) is 5.26 Å². The Balaban J connectivity index is 1.70. The monoisotopic (exact) mass is 297 g/mol. The first-order valence-corrected chi connectivity index (χ1v) is 8.57. The van der Waals surface area contributed by atoms with Crippen LogP contribution in [0, 0.1) is 11.3 Å². The maximum atomic E-state index is 8.39. The summed E-state index contributed by atoms with van der Waals surface area (Å²) in [7, 11) is 0. The summed E-state index contributed by atoms with van der Waals surface area (Å²) in [4.78, 5) is 0. The quantitative estimate of drug-likeness (QED) is 0.485. The van der Waals surface area contributed by atoms with Crippen LogP contribution in [0.3, 0.4) is 0 Å². The third kappa shape index (κ3) is 11.7. The molecule has 0 aromatic carbocycles. The highest BCUT2D eigenvalue weighted by atomic mass is 16.5. The van der Waals surface area contributed by atoms with Crippen molar-refractivity contribution in [2.45, 2.75) is 70.3 Å². The highest BCUT2D eigenvalue weighted by molar-refractivity contribution is 4.67. The Morgan fingerprint density at radius 2 is 1.62 bits per heavy atom. The van der Waals surface area contributed by atoms with Gasteiger partial charge in [0, 0.05) is 32.8 Å². The minimum Gasteiger partial charge on any atom is -0.381 e. The van der Waals surface area contributed by atoms with Crippen LogP contribution in [0.1, 0.15) is 64.2 Å². The van der Waals surface area contributed by atoms with Gasteiger partial charge >= 0.3 is 0 Å². The van der Waals surface area contributed by atoms with E-state index in [-0.39, 0.29) is 0 Å². The lowest BCUT2D eigenvalue weighted by molar-refractivity contribution is -0.0411. The Hall–Kier alpha value is -0.630. The van der Waals surface area contributed by atoms with E-state index in [0.717, 1.165) is 65.1 Å². The largest absolute Gasteiger partial charge is 0.381 e. The number of unbranched alkanes of at least 4 members (excludes halogenated alkanes) is 5. The summed E-state index contributed by atoms with van der Waals surface area (Å²) in [5.74, 6) is 0. The van der Waals surface area contributed by atoms with Gasteiger partial charge in [0.15, 0.2) is 0 Å². The van der Waals surface area contributed by atoms with Gasteiger partial charge in [-0.1, -0.05) is 12.8 Å². The van der Waals surface area contributed by atoms with E-state index in [1.54, 1.807) is 0 Å². The van der Waals surface area contributed by atoms with Crippen molar-refractivity contribution < 1.29 is 14.2 Å². The molecule has 1 rings (SSSR count). The van der Waals surface area contributed by atoms with Crippen LogP contribution < -0.4 is 0 Å². The molecule has 1 aliphatic heterocycles. The van der Waals surface area contributed by atoms with Crippen LogP contribution in [-0.2, 0) is 14.2 Å². The fourth-order valence-electron chi connectivity index (χ4n) is 2.43. The van der Waals surface area contributed by atoms with Gasteiger partial charge in [0.2, 0.25) is 0 Å². The second kappa shape index (κ2) is 14.3. The summed E-state index contributed by atoms with van der Waals surface area (Å²) in [6.07, 6.45) is 11.3. The first kappa shape index (κ1) is 18.4. The Labute approximate surface area is 129 Å². The molecule has 1 saturated heterocycles. The van der Waals surface area contributed by atoms with Crippen LogP contribution >= 0.6 is 0 Å². The standard InChI is InChI=1S/C17H31NO3/c18-11-5-3-8-13-19-12-6-1-2-7-14-20-16-17-10-4-9-15-21-17/h17H,1-10,12-16H2. The summed E-state index contributed by atoms with van der Waals surface area (Å²) < 4.78 is 16.8. The molecule has 4 nitrogen and oxygen atoms in total. The van der Waals surface area contributed by atoms with E-state index in [4.69, 9.17) is 19.5 Å². The molecule has 0 saturated carbocycles. The van der Waals surface area contributed by atoms with E-state index in [1.807, 2.05) is 0 Å². The summed E-state index contributed by atoms with van der Waals surface area (Å²) in [6, 6.07) is 2.15. The van der Waals surface area contributed by atoms with E-state index in [2.05, 4.69) is 6.07 Å². The average Bonchev–Trinajstić information content (AvgIpc) is 2.53. The summed E-state index contributed by atoms with van der Waals surface area (Å²) in [6.45, 7) is 4.18. The molecule has 0 bridgehead atoms. The number of hydrogen-bond donors (Lipinski definition) is 0. The molecule has 0 radical (unpaired) electrons. The SMILES string of the molecule is N#CCCCCOCCCCCCOCC1CCCCO1. The van der Waals surface area contributed by atoms with Crippen molar-refractivity contribution >= 4 is 0 Å². The Bertz CT molecular complexity index is 259. The third-order valence-electron chi connectivity index (χ3n) is 3.73. The van der Waals surface area contributed by atoms with Crippen LogP contribution in [0.4, 0.5) is 0 Å². The topological polar surface area (TPSA) is 51.5 Å². The van der Waals surface area contributed by atoms with Gasteiger partial charge in [-0.05, 0) is 44.9 Å². The maximum absolute atomic E-state index is 8.39. The first-order chi connectivity index (χ1) is 10.4. The molecule has 21 heavy (non-hydrogen) atoms. The highest BCUT2D eigenvalue weighted by Gasteiger charge is 2.13. The summed E-state index contributed by atoms with van der Waals surface area (Å²) in [5.41, 5.74) is 0. The van der Waals surface area contributed by atoms with Gasteiger partial charge in [-0.25, -0.2) is 0 Å². The maximum Gasteiger partial charge on any atom is 0.0808 e. The molecule has 1 heterocycles. The van der Waals surface area contributed by atoms with Crippen molar-refractivity contribution in [1.82, 2.24) is 0 Å². The fourth-order valence-corrected chi connectivity index (χ4v) is 2.43. The van der Waals surface area contributed by atoms with Crippen molar-refractivity contribution in [3.63, 3.8) is 0 Å². The zero-order chi connectivity index (χ0) is 15.0. The molecule has 1 unspecified atom stereocenters. The van der Waals surface area contributed by atoms with Crippen molar-refractivity contribution in [2.75, 3.05) is 33.0 Å². The molecule has 4 heteroatoms. The molecule has 0 aliphatic carbocycles. The zero-order valence-electron chi connectivity index (χ0n) is 13.4. The Kier molecular flexibility index (Phi) is 12.6. The number of hydrogen-bond acceptors (Lipinski definition) is 4. The molecule has 122 valence electrons. The lowest BCUT2D eigenvalue weighted by Crippen LogP contribution is -2.24. The molecule has 0 spiro atoms. The lowest BCUT2D eigenvalue weighted by Gasteiger charge is -2.22. The summed E-state index contributed by atoms with van der Waals surface area (Å²) >= 11 is 0. The molecule has 1 aliphatic rings. The third-order valence-corrected chi connectivity index (χ3v) is 3.73. The first-order valence-electron chi connectivity index (χ1n) is 8.57. The lowest BCUT2D eigenvalue weighted by atomic mass is 10.1. The van der Waals surface area contributed by atoms with E-state index in [0.29, 0.717) is 12.5 Å². The van der Waals surface area contributed by atoms with Crippen LogP contribution in [0.15, 0.2) is 0 Å². The minimum atomic E-state index is 0.341. The molecular formula is C17H31NO3. The van der Waals surface area contributed by atoms with E-state index < -0.39 is 0 Å². The average molecular weight is 297 g/mol. The van der Waals surface area contributed by atoms with Crippen molar-refractivity contribution in [2.24, 2.45) is 0 Å². The molecule has 0 aromatic rings. The zero-order valence-corrected chi connectivity index (χ0v) is 13.4. The van der Waals surface area contributed by atoms with Gasteiger partial charge in [0.25, 0.3) is 0 Å². The van der Waals surface area contributed by atoms with Gasteiger partial charge in [-0.3, -0.25) is 0 Å². The number of nitriles is 1. The van der Waals surface area contributed by atoms with E-state index >= 15 is 0 Å².